The first-order valence-corrected chi connectivity index (χ1v) is 9.90. The molecule has 0 fully saturated rings. The maximum absolute atomic E-state index is 13.0. The van der Waals surface area contributed by atoms with Gasteiger partial charge in [0.2, 0.25) is 0 Å². The molecule has 2 heterocycles. The van der Waals surface area contributed by atoms with Crippen molar-refractivity contribution < 1.29 is 4.79 Å². The second-order valence-corrected chi connectivity index (χ2v) is 7.44. The first-order valence-electron chi connectivity index (χ1n) is 9.02. The van der Waals surface area contributed by atoms with Gasteiger partial charge in [-0.15, -0.1) is 11.3 Å². The van der Waals surface area contributed by atoms with Crippen LogP contribution in [-0.2, 0) is 11.3 Å². The molecule has 0 aliphatic rings. The molecule has 0 aliphatic heterocycles. The summed E-state index contributed by atoms with van der Waals surface area (Å²) in [5, 5.41) is 6.39. The number of rotatable bonds is 5. The van der Waals surface area contributed by atoms with Gasteiger partial charge < -0.3 is 0 Å². The number of aryl methyl sites for hydroxylation is 1. The van der Waals surface area contributed by atoms with E-state index in [9.17, 15) is 9.59 Å². The number of hydrogen-bond acceptors (Lipinski definition) is 5. The fourth-order valence-electron chi connectivity index (χ4n) is 2.93. The lowest BCUT2D eigenvalue weighted by molar-refractivity contribution is -0.121. The van der Waals surface area contributed by atoms with E-state index in [0.717, 1.165) is 22.3 Å². The molecule has 0 atom stereocenters. The van der Waals surface area contributed by atoms with E-state index < -0.39 is 5.91 Å². The summed E-state index contributed by atoms with van der Waals surface area (Å²) in [6.07, 6.45) is 2.96. The molecule has 6 nitrogen and oxygen atoms in total. The molecule has 2 aromatic heterocycles. The summed E-state index contributed by atoms with van der Waals surface area (Å²) in [6.45, 7) is 1.86. The van der Waals surface area contributed by atoms with Gasteiger partial charge in [0, 0.05) is 10.9 Å². The zero-order chi connectivity index (χ0) is 20.2. The van der Waals surface area contributed by atoms with Gasteiger partial charge in [-0.05, 0) is 18.1 Å². The first-order chi connectivity index (χ1) is 14.1. The van der Waals surface area contributed by atoms with Crippen LogP contribution in [0, 0.1) is 6.92 Å². The van der Waals surface area contributed by atoms with Gasteiger partial charge >= 0.3 is 0 Å². The Kier molecular flexibility index (Phi) is 5.31. The number of carbonyl (C=O) groups excluding carboxylic acids is 1. The predicted molar refractivity (Wildman–Crippen MR) is 116 cm³/mol. The highest BCUT2D eigenvalue weighted by molar-refractivity contribution is 7.17. The summed E-state index contributed by atoms with van der Waals surface area (Å²) < 4.78 is 1.31. The van der Waals surface area contributed by atoms with Gasteiger partial charge in [-0.3, -0.25) is 14.2 Å². The third-order valence-electron chi connectivity index (χ3n) is 4.44. The Labute approximate surface area is 171 Å². The molecule has 7 heteroatoms. The number of aromatic nitrogens is 2. The number of thiophene rings is 1. The van der Waals surface area contributed by atoms with E-state index >= 15 is 0 Å². The largest absolute Gasteiger partial charge is 0.289 e. The van der Waals surface area contributed by atoms with Crippen LogP contribution in [0.2, 0.25) is 0 Å². The number of nitrogens with zero attached hydrogens (tertiary/aromatic N) is 3. The molecule has 4 rings (SSSR count). The van der Waals surface area contributed by atoms with Gasteiger partial charge in [0.15, 0.2) is 0 Å². The van der Waals surface area contributed by atoms with Crippen molar-refractivity contribution in [2.45, 2.75) is 13.5 Å². The molecule has 0 bridgehead atoms. The highest BCUT2D eigenvalue weighted by Crippen LogP contribution is 2.30. The third kappa shape index (κ3) is 4.14. The van der Waals surface area contributed by atoms with E-state index in [1.165, 1.54) is 22.2 Å². The lowest BCUT2D eigenvalue weighted by Crippen LogP contribution is -2.30. The Balaban J connectivity index is 1.56. The summed E-state index contributed by atoms with van der Waals surface area (Å²) in [4.78, 5) is 30.2. The van der Waals surface area contributed by atoms with Crippen molar-refractivity contribution in [2.75, 3.05) is 0 Å². The Morgan fingerprint density at radius 3 is 2.69 bits per heavy atom. The monoisotopic (exact) mass is 402 g/mol. The van der Waals surface area contributed by atoms with E-state index in [4.69, 9.17) is 0 Å². The summed E-state index contributed by atoms with van der Waals surface area (Å²) in [5.41, 5.74) is 6.01. The van der Waals surface area contributed by atoms with Crippen molar-refractivity contribution in [3.05, 3.63) is 87.8 Å². The first kappa shape index (κ1) is 18.8. The van der Waals surface area contributed by atoms with Gasteiger partial charge in [0.1, 0.15) is 11.4 Å². The maximum Gasteiger partial charge on any atom is 0.263 e. The number of hydrazone groups is 1. The highest BCUT2D eigenvalue weighted by atomic mass is 32.1. The minimum atomic E-state index is -0.396. The molecule has 0 radical (unpaired) electrons. The number of nitrogens with one attached hydrogen (secondary N) is 1. The number of benzene rings is 2. The summed E-state index contributed by atoms with van der Waals surface area (Å²) in [7, 11) is 0. The van der Waals surface area contributed by atoms with Crippen LogP contribution < -0.4 is 11.0 Å². The van der Waals surface area contributed by atoms with Crippen molar-refractivity contribution in [3.8, 4) is 11.1 Å². The van der Waals surface area contributed by atoms with E-state index in [2.05, 4.69) is 15.5 Å². The topological polar surface area (TPSA) is 76.3 Å². The second kappa shape index (κ2) is 8.20. The van der Waals surface area contributed by atoms with Crippen molar-refractivity contribution in [1.82, 2.24) is 15.0 Å². The van der Waals surface area contributed by atoms with Gasteiger partial charge in [0.25, 0.3) is 11.5 Å². The molecule has 29 heavy (non-hydrogen) atoms. The molecule has 0 spiro atoms. The number of hydrogen-bond donors (Lipinski definition) is 1. The average molecular weight is 402 g/mol. The van der Waals surface area contributed by atoms with Crippen LogP contribution >= 0.6 is 11.3 Å². The van der Waals surface area contributed by atoms with Crippen LogP contribution in [0.4, 0.5) is 0 Å². The Bertz CT molecular complexity index is 1240. The van der Waals surface area contributed by atoms with E-state index in [1.54, 1.807) is 6.21 Å². The van der Waals surface area contributed by atoms with Crippen LogP contribution in [-0.4, -0.2) is 21.7 Å². The normalized spacial score (nSPS) is 11.2. The average Bonchev–Trinajstić information content (AvgIpc) is 3.16. The van der Waals surface area contributed by atoms with E-state index in [1.807, 2.05) is 66.9 Å². The van der Waals surface area contributed by atoms with Crippen molar-refractivity contribution in [3.63, 3.8) is 0 Å². The van der Waals surface area contributed by atoms with Crippen LogP contribution in [0.1, 0.15) is 11.1 Å². The van der Waals surface area contributed by atoms with Crippen LogP contribution in [0.3, 0.4) is 0 Å². The molecule has 0 aliphatic carbocycles. The number of carbonyl (C=O) groups is 1. The van der Waals surface area contributed by atoms with Gasteiger partial charge in [-0.1, -0.05) is 60.2 Å². The zero-order valence-electron chi connectivity index (χ0n) is 15.7. The Hall–Kier alpha value is -3.58. The number of amides is 1. The zero-order valence-corrected chi connectivity index (χ0v) is 16.5. The fourth-order valence-corrected chi connectivity index (χ4v) is 3.84. The van der Waals surface area contributed by atoms with Crippen molar-refractivity contribution in [2.24, 2.45) is 5.10 Å². The second-order valence-electron chi connectivity index (χ2n) is 6.58. The molecule has 0 unspecified atom stereocenters. The van der Waals surface area contributed by atoms with Crippen molar-refractivity contribution >= 4 is 33.7 Å². The quantitative estimate of drug-likeness (QED) is 0.409. The van der Waals surface area contributed by atoms with E-state index in [0.29, 0.717) is 10.2 Å². The molecule has 144 valence electrons. The van der Waals surface area contributed by atoms with Crippen molar-refractivity contribution in [1.29, 1.82) is 0 Å². The maximum atomic E-state index is 13.0. The molecular weight excluding hydrogens is 384 g/mol. The van der Waals surface area contributed by atoms with Gasteiger partial charge in [0.05, 0.1) is 17.9 Å². The van der Waals surface area contributed by atoms with Gasteiger partial charge in [-0.2, -0.15) is 5.10 Å². The minimum Gasteiger partial charge on any atom is -0.289 e. The fraction of sp³-hybridized carbons (Fsp3) is 0.0909. The van der Waals surface area contributed by atoms with E-state index in [-0.39, 0.29) is 12.1 Å². The Morgan fingerprint density at radius 1 is 1.17 bits per heavy atom. The standard InChI is InChI=1S/C22H18N4O2S/c1-15-7-9-17(10-8-15)18-13-29-21-20(18)22(28)26(14-23-21)12-19(27)25-24-11-16-5-3-2-4-6-16/h2-11,13-14H,12H2,1H3,(H,25,27). The minimum absolute atomic E-state index is 0.156. The smallest absolute Gasteiger partial charge is 0.263 e. The molecule has 1 N–H and O–H groups in total. The predicted octanol–water partition coefficient (Wildman–Crippen LogP) is 3.58. The summed E-state index contributed by atoms with van der Waals surface area (Å²) in [5.74, 6) is -0.396. The summed E-state index contributed by atoms with van der Waals surface area (Å²) in [6, 6.07) is 17.4. The van der Waals surface area contributed by atoms with Crippen LogP contribution in [0.5, 0.6) is 0 Å². The lowest BCUT2D eigenvalue weighted by Gasteiger charge is -2.05. The SMILES string of the molecule is Cc1ccc(-c2csc3ncn(CC(=O)NN=Cc4ccccc4)c(=O)c23)cc1. The van der Waals surface area contributed by atoms with Crippen LogP contribution in [0.25, 0.3) is 21.3 Å². The van der Waals surface area contributed by atoms with Crippen LogP contribution in [0.15, 0.2) is 76.2 Å². The van der Waals surface area contributed by atoms with Gasteiger partial charge in [-0.25, -0.2) is 10.4 Å². The summed E-state index contributed by atoms with van der Waals surface area (Å²) >= 11 is 1.42. The molecule has 1 amide bonds. The Morgan fingerprint density at radius 2 is 1.93 bits per heavy atom. The molecule has 0 saturated heterocycles. The highest BCUT2D eigenvalue weighted by Gasteiger charge is 2.14. The third-order valence-corrected chi connectivity index (χ3v) is 5.33. The molecule has 2 aromatic carbocycles. The number of fused-ring (bicyclic) bond motifs is 1. The molecule has 0 saturated carbocycles. The molecule has 4 aromatic rings. The lowest BCUT2D eigenvalue weighted by atomic mass is 10.1. The molecular formula is C22H18N4O2S.